The third-order valence-corrected chi connectivity index (χ3v) is 4.52. The van der Waals surface area contributed by atoms with E-state index in [1.165, 1.54) is 7.11 Å². The Morgan fingerprint density at radius 3 is 2.31 bits per heavy atom. The number of aliphatic hydroxyl groups excluding tert-OH is 3. The molecule has 1 heterocycles. The molecule has 2 aromatic rings. The number of hydrogen-bond donors (Lipinski definition) is 3. The third kappa shape index (κ3) is 3.75. The minimum absolute atomic E-state index is 0.612. The summed E-state index contributed by atoms with van der Waals surface area (Å²) in [5, 5.41) is 30.3. The highest BCUT2D eigenvalue weighted by Gasteiger charge is 2.44. The van der Waals surface area contributed by atoms with Gasteiger partial charge in [0.2, 0.25) is 0 Å². The molecule has 3 N–H and O–H groups in total. The molecule has 26 heavy (non-hydrogen) atoms. The van der Waals surface area contributed by atoms with Crippen LogP contribution in [0.2, 0.25) is 0 Å². The Hall–Kier alpha value is -1.96. The van der Waals surface area contributed by atoms with Crippen LogP contribution in [-0.4, -0.2) is 53.6 Å². The van der Waals surface area contributed by atoms with Crippen molar-refractivity contribution in [1.29, 1.82) is 0 Å². The third-order valence-electron chi connectivity index (χ3n) is 4.52. The molecular formula is C20H24O6. The number of ether oxygens (including phenoxy) is 3. The van der Waals surface area contributed by atoms with Gasteiger partial charge in [0.25, 0.3) is 0 Å². The maximum absolute atomic E-state index is 10.3. The van der Waals surface area contributed by atoms with Crippen molar-refractivity contribution in [2.24, 2.45) is 0 Å². The second-order valence-electron chi connectivity index (χ2n) is 6.22. The Kier molecular flexibility index (Phi) is 5.90. The molecule has 1 saturated heterocycles. The molecule has 0 amide bonds. The zero-order chi connectivity index (χ0) is 18.7. The molecule has 0 bridgehead atoms. The summed E-state index contributed by atoms with van der Waals surface area (Å²) in [7, 11) is 1.38. The Balaban J connectivity index is 1.86. The first-order chi connectivity index (χ1) is 12.5. The van der Waals surface area contributed by atoms with Crippen LogP contribution >= 0.6 is 0 Å². The highest BCUT2D eigenvalue weighted by molar-refractivity contribution is 5.65. The molecule has 0 saturated carbocycles. The van der Waals surface area contributed by atoms with Crippen molar-refractivity contribution in [1.82, 2.24) is 0 Å². The van der Waals surface area contributed by atoms with E-state index in [-0.39, 0.29) is 0 Å². The van der Waals surface area contributed by atoms with E-state index >= 15 is 0 Å². The first-order valence-corrected chi connectivity index (χ1v) is 8.60. The van der Waals surface area contributed by atoms with Crippen molar-refractivity contribution in [3.8, 4) is 16.9 Å². The summed E-state index contributed by atoms with van der Waals surface area (Å²) in [6, 6.07) is 15.2. The van der Waals surface area contributed by atoms with E-state index in [0.717, 1.165) is 16.9 Å². The molecule has 3 rings (SSSR count). The van der Waals surface area contributed by atoms with E-state index in [9.17, 15) is 15.3 Å². The van der Waals surface area contributed by atoms with Gasteiger partial charge in [-0.3, -0.25) is 0 Å². The van der Waals surface area contributed by atoms with Crippen molar-refractivity contribution in [2.75, 3.05) is 13.7 Å². The quantitative estimate of drug-likeness (QED) is 0.755. The second kappa shape index (κ2) is 8.16. The number of rotatable bonds is 5. The average Bonchev–Trinajstić information content (AvgIpc) is 2.67. The summed E-state index contributed by atoms with van der Waals surface area (Å²) >= 11 is 0. The topological polar surface area (TPSA) is 88.4 Å². The highest BCUT2D eigenvalue weighted by atomic mass is 16.7. The lowest BCUT2D eigenvalue weighted by Crippen LogP contribution is -2.54. The lowest BCUT2D eigenvalue weighted by atomic mass is 9.92. The van der Waals surface area contributed by atoms with Crippen LogP contribution in [0.15, 0.2) is 48.5 Å². The van der Waals surface area contributed by atoms with Gasteiger partial charge in [-0.15, -0.1) is 0 Å². The smallest absolute Gasteiger partial charge is 0.186 e. The fourth-order valence-electron chi connectivity index (χ4n) is 3.12. The maximum Gasteiger partial charge on any atom is 0.186 e. The van der Waals surface area contributed by atoms with Crippen LogP contribution in [0.1, 0.15) is 18.6 Å². The van der Waals surface area contributed by atoms with Gasteiger partial charge in [0.1, 0.15) is 30.2 Å². The van der Waals surface area contributed by atoms with E-state index in [2.05, 4.69) is 0 Å². The first-order valence-electron chi connectivity index (χ1n) is 8.60. The van der Waals surface area contributed by atoms with Crippen molar-refractivity contribution in [3.63, 3.8) is 0 Å². The maximum atomic E-state index is 10.3. The predicted molar refractivity (Wildman–Crippen MR) is 95.7 cm³/mol. The van der Waals surface area contributed by atoms with Gasteiger partial charge in [-0.2, -0.15) is 0 Å². The van der Waals surface area contributed by atoms with Crippen molar-refractivity contribution >= 4 is 0 Å². The predicted octanol–water partition coefficient (Wildman–Crippen LogP) is 1.88. The summed E-state index contributed by atoms with van der Waals surface area (Å²) in [6.45, 7) is 2.55. The zero-order valence-electron chi connectivity index (χ0n) is 14.8. The molecule has 0 aliphatic carbocycles. The van der Waals surface area contributed by atoms with E-state index < -0.39 is 30.7 Å². The molecule has 1 aliphatic rings. The highest BCUT2D eigenvalue weighted by Crippen LogP contribution is 2.34. The van der Waals surface area contributed by atoms with Crippen LogP contribution in [0, 0.1) is 0 Å². The molecule has 2 aromatic carbocycles. The van der Waals surface area contributed by atoms with Gasteiger partial charge in [-0.1, -0.05) is 30.3 Å². The lowest BCUT2D eigenvalue weighted by molar-refractivity contribution is -0.292. The molecule has 0 spiro atoms. The molecule has 0 radical (unpaired) electrons. The van der Waals surface area contributed by atoms with Gasteiger partial charge >= 0.3 is 0 Å². The summed E-state index contributed by atoms with van der Waals surface area (Å²) < 4.78 is 16.2. The standard InChI is InChI=1S/C20H24O6/c1-3-25-15-9-7-12(8-10-15)13-5-4-6-14(11-13)19-17(22)16(21)18(23)20(24-2)26-19/h4-11,16-23H,3H2,1-2H3/t16-,17-,18+,19+,20?/m1/s1. The molecule has 140 valence electrons. The summed E-state index contributed by atoms with van der Waals surface area (Å²) in [4.78, 5) is 0. The van der Waals surface area contributed by atoms with Crippen LogP contribution in [0.5, 0.6) is 5.75 Å². The average molecular weight is 360 g/mol. The van der Waals surface area contributed by atoms with Gasteiger partial charge in [0.15, 0.2) is 6.29 Å². The molecule has 0 aromatic heterocycles. The second-order valence-corrected chi connectivity index (χ2v) is 6.22. The van der Waals surface area contributed by atoms with E-state index in [1.807, 2.05) is 55.5 Å². The Morgan fingerprint density at radius 2 is 1.65 bits per heavy atom. The minimum Gasteiger partial charge on any atom is -0.494 e. The van der Waals surface area contributed by atoms with Crippen LogP contribution < -0.4 is 4.74 Å². The monoisotopic (exact) mass is 360 g/mol. The Morgan fingerprint density at radius 1 is 0.923 bits per heavy atom. The molecule has 5 atom stereocenters. The Labute approximate surface area is 152 Å². The zero-order valence-corrected chi connectivity index (χ0v) is 14.8. The summed E-state index contributed by atoms with van der Waals surface area (Å²) in [5.74, 6) is 0.804. The van der Waals surface area contributed by atoms with E-state index in [1.54, 1.807) is 0 Å². The molecular weight excluding hydrogens is 336 g/mol. The van der Waals surface area contributed by atoms with Gasteiger partial charge in [-0.25, -0.2) is 0 Å². The van der Waals surface area contributed by atoms with Crippen LogP contribution in [0.3, 0.4) is 0 Å². The number of hydrogen-bond acceptors (Lipinski definition) is 6. The SMILES string of the molecule is CCOc1ccc(-c2cccc([C@@H]3OC(OC)[C@@H](O)[C@H](O)[C@H]3O)c2)cc1. The van der Waals surface area contributed by atoms with E-state index in [4.69, 9.17) is 14.2 Å². The van der Waals surface area contributed by atoms with Crippen molar-refractivity contribution < 1.29 is 29.5 Å². The van der Waals surface area contributed by atoms with Crippen LogP contribution in [0.4, 0.5) is 0 Å². The lowest BCUT2D eigenvalue weighted by Gasteiger charge is -2.40. The number of benzene rings is 2. The Bertz CT molecular complexity index is 714. The van der Waals surface area contributed by atoms with Crippen LogP contribution in [-0.2, 0) is 9.47 Å². The fraction of sp³-hybridized carbons (Fsp3) is 0.400. The largest absolute Gasteiger partial charge is 0.494 e. The van der Waals surface area contributed by atoms with Crippen molar-refractivity contribution in [2.45, 2.75) is 37.6 Å². The fourth-order valence-corrected chi connectivity index (χ4v) is 3.12. The normalized spacial score (nSPS) is 28.7. The molecule has 1 unspecified atom stereocenters. The van der Waals surface area contributed by atoms with Gasteiger partial charge in [0, 0.05) is 7.11 Å². The first kappa shape index (κ1) is 18.8. The molecule has 6 heteroatoms. The van der Waals surface area contributed by atoms with Gasteiger partial charge < -0.3 is 29.5 Å². The van der Waals surface area contributed by atoms with E-state index in [0.29, 0.717) is 12.2 Å². The number of aliphatic hydroxyl groups is 3. The van der Waals surface area contributed by atoms with Crippen molar-refractivity contribution in [3.05, 3.63) is 54.1 Å². The number of methoxy groups -OCH3 is 1. The summed E-state index contributed by atoms with van der Waals surface area (Å²) in [5.41, 5.74) is 2.62. The summed E-state index contributed by atoms with van der Waals surface area (Å²) in [6.07, 6.45) is -5.73. The minimum atomic E-state index is -1.35. The molecule has 1 fully saturated rings. The molecule has 6 nitrogen and oxygen atoms in total. The van der Waals surface area contributed by atoms with Crippen LogP contribution in [0.25, 0.3) is 11.1 Å². The van der Waals surface area contributed by atoms with Gasteiger partial charge in [0.05, 0.1) is 6.61 Å². The van der Waals surface area contributed by atoms with Gasteiger partial charge in [-0.05, 0) is 41.8 Å². The molecule has 1 aliphatic heterocycles.